The van der Waals surface area contributed by atoms with Crippen LogP contribution in [0.5, 0.6) is 0 Å². The summed E-state index contributed by atoms with van der Waals surface area (Å²) in [5.74, 6) is -0.0555. The predicted molar refractivity (Wildman–Crippen MR) is 73.8 cm³/mol. The predicted octanol–water partition coefficient (Wildman–Crippen LogP) is 3.79. The van der Waals surface area contributed by atoms with Crippen molar-refractivity contribution in [2.75, 3.05) is 0 Å². The monoisotopic (exact) mass is 266 g/mol. The third kappa shape index (κ3) is 3.37. The number of fused-ring (bicyclic) bond motifs is 2. The van der Waals surface area contributed by atoms with Gasteiger partial charge in [0.25, 0.3) is 0 Å². The fourth-order valence-corrected chi connectivity index (χ4v) is 3.66. The quantitative estimate of drug-likeness (QED) is 0.381. The molecule has 0 radical (unpaired) electrons. The van der Waals surface area contributed by atoms with E-state index < -0.39 is 0 Å². The van der Waals surface area contributed by atoms with Crippen LogP contribution in [0.4, 0.5) is 0 Å². The van der Waals surface area contributed by atoms with Gasteiger partial charge in [-0.2, -0.15) is 0 Å². The molecule has 2 aliphatic carbocycles. The average Bonchev–Trinajstić information content (AvgIpc) is 2.94. The minimum absolute atomic E-state index is 0.0555. The van der Waals surface area contributed by atoms with Gasteiger partial charge in [0.2, 0.25) is 0 Å². The summed E-state index contributed by atoms with van der Waals surface area (Å²) >= 11 is 0. The van der Waals surface area contributed by atoms with E-state index in [0.717, 1.165) is 51.2 Å². The zero-order valence-electron chi connectivity index (χ0n) is 12.1. The summed E-state index contributed by atoms with van der Waals surface area (Å²) < 4.78 is 5.73. The zero-order valence-corrected chi connectivity index (χ0v) is 12.1. The summed E-state index contributed by atoms with van der Waals surface area (Å²) in [5.41, 5.74) is -0.456. The van der Waals surface area contributed by atoms with Gasteiger partial charge >= 0.3 is 5.97 Å². The summed E-state index contributed by atoms with van der Waals surface area (Å²) in [7, 11) is 0. The second-order valence-electron chi connectivity index (χ2n) is 6.48. The second kappa shape index (κ2) is 6.06. The molecule has 2 bridgehead atoms. The SMILES string of the molecule is CCCCCCCC(=O)OC12CCC(C=O)(CC1)C2. The third-order valence-corrected chi connectivity index (χ3v) is 4.90. The van der Waals surface area contributed by atoms with Crippen molar-refractivity contribution in [1.29, 1.82) is 0 Å². The molecule has 2 aliphatic rings. The molecule has 0 saturated heterocycles. The number of ether oxygens (including phenoxy) is 1. The molecule has 0 heterocycles. The molecule has 2 rings (SSSR count). The molecular weight excluding hydrogens is 240 g/mol. The summed E-state index contributed by atoms with van der Waals surface area (Å²) in [4.78, 5) is 23.0. The first kappa shape index (κ1) is 14.5. The molecular formula is C16H26O3. The Morgan fingerprint density at radius 1 is 1.11 bits per heavy atom. The Balaban J connectivity index is 1.70. The minimum Gasteiger partial charge on any atom is -0.459 e. The number of carbonyl (C=O) groups is 2. The van der Waals surface area contributed by atoms with Gasteiger partial charge in [-0.25, -0.2) is 0 Å². The molecule has 0 aromatic rings. The lowest BCUT2D eigenvalue weighted by Crippen LogP contribution is -2.29. The van der Waals surface area contributed by atoms with Gasteiger partial charge in [-0.15, -0.1) is 0 Å². The van der Waals surface area contributed by atoms with E-state index in [0.29, 0.717) is 6.42 Å². The van der Waals surface area contributed by atoms with Crippen LogP contribution < -0.4 is 0 Å². The van der Waals surface area contributed by atoms with Crippen LogP contribution in [0.2, 0.25) is 0 Å². The number of hydrogen-bond acceptors (Lipinski definition) is 3. The van der Waals surface area contributed by atoms with E-state index in [1.807, 2.05) is 0 Å². The standard InChI is InChI=1S/C16H26O3/c1-2-3-4-5-6-7-14(18)19-16-10-8-15(12-16,13-17)9-11-16/h13H,2-12H2,1H3. The van der Waals surface area contributed by atoms with E-state index in [1.54, 1.807) is 0 Å². The maximum atomic E-state index is 11.9. The van der Waals surface area contributed by atoms with Gasteiger partial charge < -0.3 is 9.53 Å². The van der Waals surface area contributed by atoms with Gasteiger partial charge in [0.15, 0.2) is 0 Å². The number of aldehydes is 1. The maximum absolute atomic E-state index is 11.9. The number of carbonyl (C=O) groups excluding carboxylic acids is 2. The molecule has 0 N–H and O–H groups in total. The van der Waals surface area contributed by atoms with Crippen LogP contribution in [0.15, 0.2) is 0 Å². The lowest BCUT2D eigenvalue weighted by Gasteiger charge is -2.26. The van der Waals surface area contributed by atoms with Crippen LogP contribution in [0.1, 0.15) is 77.6 Å². The van der Waals surface area contributed by atoms with Crippen LogP contribution in [-0.4, -0.2) is 17.9 Å². The van der Waals surface area contributed by atoms with E-state index in [-0.39, 0.29) is 17.0 Å². The molecule has 0 amide bonds. The normalized spacial score (nSPS) is 32.5. The number of rotatable bonds is 8. The van der Waals surface area contributed by atoms with Crippen LogP contribution in [0.25, 0.3) is 0 Å². The molecule has 0 aromatic heterocycles. The maximum Gasteiger partial charge on any atom is 0.306 e. The molecule has 3 nitrogen and oxygen atoms in total. The van der Waals surface area contributed by atoms with Crippen molar-refractivity contribution in [3.8, 4) is 0 Å². The number of hydrogen-bond donors (Lipinski definition) is 0. The summed E-state index contributed by atoms with van der Waals surface area (Å²) in [6, 6.07) is 0. The van der Waals surface area contributed by atoms with Gasteiger partial charge in [-0.1, -0.05) is 32.6 Å². The van der Waals surface area contributed by atoms with Crippen molar-refractivity contribution in [2.24, 2.45) is 5.41 Å². The fraction of sp³-hybridized carbons (Fsp3) is 0.875. The smallest absolute Gasteiger partial charge is 0.306 e. The fourth-order valence-electron chi connectivity index (χ4n) is 3.66. The van der Waals surface area contributed by atoms with E-state index in [4.69, 9.17) is 4.74 Å². The molecule has 2 fully saturated rings. The lowest BCUT2D eigenvalue weighted by atomic mass is 9.86. The van der Waals surface area contributed by atoms with Crippen molar-refractivity contribution in [3.63, 3.8) is 0 Å². The Morgan fingerprint density at radius 2 is 1.79 bits per heavy atom. The Hall–Kier alpha value is -0.860. The molecule has 3 heteroatoms. The van der Waals surface area contributed by atoms with Crippen molar-refractivity contribution in [2.45, 2.75) is 83.2 Å². The van der Waals surface area contributed by atoms with Crippen molar-refractivity contribution >= 4 is 12.3 Å². The van der Waals surface area contributed by atoms with Crippen molar-refractivity contribution in [1.82, 2.24) is 0 Å². The number of esters is 1. The van der Waals surface area contributed by atoms with E-state index in [2.05, 4.69) is 6.92 Å². The third-order valence-electron chi connectivity index (χ3n) is 4.90. The molecule has 0 unspecified atom stereocenters. The summed E-state index contributed by atoms with van der Waals surface area (Å²) in [5, 5.41) is 0. The topological polar surface area (TPSA) is 43.4 Å². The number of unbranched alkanes of at least 4 members (excludes halogenated alkanes) is 4. The largest absolute Gasteiger partial charge is 0.459 e. The highest BCUT2D eigenvalue weighted by Gasteiger charge is 2.56. The van der Waals surface area contributed by atoms with Crippen LogP contribution in [0, 0.1) is 5.41 Å². The van der Waals surface area contributed by atoms with E-state index in [1.165, 1.54) is 19.3 Å². The van der Waals surface area contributed by atoms with Crippen LogP contribution in [0.3, 0.4) is 0 Å². The first-order chi connectivity index (χ1) is 9.14. The van der Waals surface area contributed by atoms with Gasteiger partial charge in [0.05, 0.1) is 0 Å². The highest BCUT2D eigenvalue weighted by atomic mass is 16.6. The van der Waals surface area contributed by atoms with Crippen molar-refractivity contribution in [3.05, 3.63) is 0 Å². The summed E-state index contributed by atoms with van der Waals surface area (Å²) in [6.07, 6.45) is 11.7. The van der Waals surface area contributed by atoms with Gasteiger partial charge in [0.1, 0.15) is 11.9 Å². The van der Waals surface area contributed by atoms with Gasteiger partial charge in [-0.05, 0) is 38.5 Å². The lowest BCUT2D eigenvalue weighted by molar-refractivity contribution is -0.159. The van der Waals surface area contributed by atoms with Crippen LogP contribution in [-0.2, 0) is 14.3 Å². The molecule has 2 saturated carbocycles. The Labute approximate surface area is 116 Å². The Kier molecular flexibility index (Phi) is 4.64. The van der Waals surface area contributed by atoms with Crippen LogP contribution >= 0.6 is 0 Å². The van der Waals surface area contributed by atoms with Crippen molar-refractivity contribution < 1.29 is 14.3 Å². The summed E-state index contributed by atoms with van der Waals surface area (Å²) in [6.45, 7) is 2.19. The molecule has 0 aromatic carbocycles. The zero-order chi connectivity index (χ0) is 13.8. The van der Waals surface area contributed by atoms with E-state index >= 15 is 0 Å². The Bertz CT molecular complexity index is 327. The average molecular weight is 266 g/mol. The minimum atomic E-state index is -0.290. The highest BCUT2D eigenvalue weighted by molar-refractivity contribution is 5.70. The molecule has 108 valence electrons. The van der Waals surface area contributed by atoms with Gasteiger partial charge in [0, 0.05) is 11.8 Å². The molecule has 0 aliphatic heterocycles. The molecule has 0 atom stereocenters. The first-order valence-corrected chi connectivity index (χ1v) is 7.82. The highest BCUT2D eigenvalue weighted by Crippen LogP contribution is 2.57. The van der Waals surface area contributed by atoms with E-state index in [9.17, 15) is 9.59 Å². The molecule has 19 heavy (non-hydrogen) atoms. The molecule has 0 spiro atoms. The Morgan fingerprint density at radius 3 is 2.37 bits per heavy atom. The first-order valence-electron chi connectivity index (χ1n) is 7.82. The second-order valence-corrected chi connectivity index (χ2v) is 6.48. The van der Waals surface area contributed by atoms with Gasteiger partial charge in [-0.3, -0.25) is 4.79 Å².